The highest BCUT2D eigenvalue weighted by atomic mass is 35.5. The van der Waals surface area contributed by atoms with Gasteiger partial charge in [-0.3, -0.25) is 4.79 Å². The number of carbonyl (C=O) groups is 1. The van der Waals surface area contributed by atoms with Crippen molar-refractivity contribution in [3.05, 3.63) is 63.6 Å². The number of hydrogen-bond donors (Lipinski definition) is 1. The van der Waals surface area contributed by atoms with E-state index in [1.807, 2.05) is 31.2 Å². The molecule has 130 valence electrons. The van der Waals surface area contributed by atoms with Gasteiger partial charge < -0.3 is 9.88 Å². The van der Waals surface area contributed by atoms with Gasteiger partial charge in [0.1, 0.15) is 11.6 Å². The summed E-state index contributed by atoms with van der Waals surface area (Å²) in [6, 6.07) is 10.2. The summed E-state index contributed by atoms with van der Waals surface area (Å²) < 4.78 is 15.6. The van der Waals surface area contributed by atoms with Crippen molar-refractivity contribution in [2.45, 2.75) is 19.9 Å². The molecule has 7 heteroatoms. The van der Waals surface area contributed by atoms with Gasteiger partial charge in [-0.1, -0.05) is 35.3 Å². The summed E-state index contributed by atoms with van der Waals surface area (Å²) in [4.78, 5) is 16.7. The minimum Gasteiger partial charge on any atom is -0.352 e. The Morgan fingerprint density at radius 2 is 2.00 bits per heavy atom. The van der Waals surface area contributed by atoms with E-state index in [2.05, 4.69) is 14.9 Å². The van der Waals surface area contributed by atoms with Crippen LogP contribution in [0.25, 0.3) is 11.0 Å². The number of carbonyl (C=O) groups excluding carboxylic acids is 1. The minimum atomic E-state index is -0.670. The lowest BCUT2D eigenvalue weighted by Crippen LogP contribution is -2.25. The van der Waals surface area contributed by atoms with Crippen molar-refractivity contribution in [3.8, 4) is 0 Å². The Kier molecular flexibility index (Phi) is 5.25. The fraction of sp³-hybridized carbons (Fsp3) is 0.222. The first kappa shape index (κ1) is 17.7. The second-order valence-corrected chi connectivity index (χ2v) is 6.47. The molecule has 0 fully saturated rings. The lowest BCUT2D eigenvalue weighted by atomic mass is 10.2. The molecule has 0 atom stereocenters. The summed E-state index contributed by atoms with van der Waals surface area (Å²) >= 11 is 11.6. The van der Waals surface area contributed by atoms with Gasteiger partial charge >= 0.3 is 0 Å². The maximum Gasteiger partial charge on any atom is 0.252 e. The summed E-state index contributed by atoms with van der Waals surface area (Å²) in [5.41, 5.74) is 2.09. The first-order chi connectivity index (χ1) is 12.0. The first-order valence-electron chi connectivity index (χ1n) is 7.82. The zero-order valence-corrected chi connectivity index (χ0v) is 15.0. The third-order valence-electron chi connectivity index (χ3n) is 3.94. The molecule has 0 saturated heterocycles. The normalized spacial score (nSPS) is 11.0. The van der Waals surface area contributed by atoms with Crippen LogP contribution in [0.5, 0.6) is 0 Å². The van der Waals surface area contributed by atoms with E-state index in [1.165, 1.54) is 6.07 Å². The third-order valence-corrected chi connectivity index (χ3v) is 4.55. The van der Waals surface area contributed by atoms with Crippen LogP contribution < -0.4 is 5.32 Å². The Morgan fingerprint density at radius 1 is 1.24 bits per heavy atom. The zero-order chi connectivity index (χ0) is 18.0. The van der Waals surface area contributed by atoms with Gasteiger partial charge in [-0.2, -0.15) is 0 Å². The molecule has 0 unspecified atom stereocenters. The Bertz CT molecular complexity index is 939. The number of rotatable bonds is 5. The molecule has 1 amide bonds. The SMILES string of the molecule is Cc1nc2ccccc2n1CCCNC(=O)c1cc(F)c(Cl)cc1Cl. The molecule has 1 heterocycles. The fourth-order valence-corrected chi connectivity index (χ4v) is 3.18. The van der Waals surface area contributed by atoms with Gasteiger partial charge in [0.15, 0.2) is 0 Å². The number of aromatic nitrogens is 2. The molecule has 3 aromatic rings. The molecular formula is C18H16Cl2FN3O. The number of aryl methyl sites for hydroxylation is 2. The summed E-state index contributed by atoms with van der Waals surface area (Å²) in [5.74, 6) is -0.167. The van der Waals surface area contributed by atoms with E-state index in [9.17, 15) is 9.18 Å². The van der Waals surface area contributed by atoms with Crippen molar-refractivity contribution in [2.24, 2.45) is 0 Å². The number of halogens is 3. The standard InChI is InChI=1S/C18H16Cl2FN3O/c1-11-23-16-5-2-3-6-17(16)24(11)8-4-7-22-18(25)12-9-15(21)14(20)10-13(12)19/h2-3,5-6,9-10H,4,7-8H2,1H3,(H,22,25). The smallest absolute Gasteiger partial charge is 0.252 e. The summed E-state index contributed by atoms with van der Waals surface area (Å²) in [6.07, 6.45) is 0.709. The molecule has 0 aliphatic heterocycles. The summed E-state index contributed by atoms with van der Waals surface area (Å²) in [5, 5.41) is 2.77. The lowest BCUT2D eigenvalue weighted by molar-refractivity contribution is 0.0952. The van der Waals surface area contributed by atoms with Crippen LogP contribution >= 0.6 is 23.2 Å². The van der Waals surface area contributed by atoms with Gasteiger partial charge in [0.25, 0.3) is 5.91 Å². The monoisotopic (exact) mass is 379 g/mol. The number of para-hydroxylation sites is 2. The van der Waals surface area contributed by atoms with E-state index in [-0.39, 0.29) is 15.6 Å². The van der Waals surface area contributed by atoms with Crippen LogP contribution in [0.2, 0.25) is 10.0 Å². The van der Waals surface area contributed by atoms with Gasteiger partial charge in [0.05, 0.1) is 26.6 Å². The van der Waals surface area contributed by atoms with E-state index >= 15 is 0 Å². The molecule has 0 spiro atoms. The Morgan fingerprint density at radius 3 is 2.80 bits per heavy atom. The predicted octanol–water partition coefficient (Wildman–Crippen LogP) is 4.61. The number of benzene rings is 2. The number of imidazole rings is 1. The highest BCUT2D eigenvalue weighted by Gasteiger charge is 2.14. The third kappa shape index (κ3) is 3.78. The lowest BCUT2D eigenvalue weighted by Gasteiger charge is -2.09. The second-order valence-electron chi connectivity index (χ2n) is 5.65. The van der Waals surface area contributed by atoms with Crippen molar-refractivity contribution in [3.63, 3.8) is 0 Å². The predicted molar refractivity (Wildman–Crippen MR) is 97.8 cm³/mol. The molecule has 2 aromatic carbocycles. The van der Waals surface area contributed by atoms with Crippen LogP contribution in [0.4, 0.5) is 4.39 Å². The van der Waals surface area contributed by atoms with E-state index < -0.39 is 11.7 Å². The van der Waals surface area contributed by atoms with Crippen LogP contribution in [0, 0.1) is 12.7 Å². The van der Waals surface area contributed by atoms with Gasteiger partial charge in [-0.05, 0) is 37.6 Å². The molecule has 1 aromatic heterocycles. The van der Waals surface area contributed by atoms with E-state index in [0.717, 1.165) is 29.5 Å². The summed E-state index contributed by atoms with van der Waals surface area (Å²) in [7, 11) is 0. The number of hydrogen-bond acceptors (Lipinski definition) is 2. The number of nitrogens with zero attached hydrogens (tertiary/aromatic N) is 2. The highest BCUT2D eigenvalue weighted by molar-refractivity contribution is 6.36. The van der Waals surface area contributed by atoms with Gasteiger partial charge in [0.2, 0.25) is 0 Å². The molecule has 3 rings (SSSR count). The van der Waals surface area contributed by atoms with Gasteiger partial charge in [0, 0.05) is 13.1 Å². The van der Waals surface area contributed by atoms with Crippen molar-refractivity contribution in [1.82, 2.24) is 14.9 Å². The maximum atomic E-state index is 13.5. The average molecular weight is 380 g/mol. The molecular weight excluding hydrogens is 364 g/mol. The van der Waals surface area contributed by atoms with Crippen molar-refractivity contribution < 1.29 is 9.18 Å². The largest absolute Gasteiger partial charge is 0.352 e. The second kappa shape index (κ2) is 7.42. The molecule has 0 aliphatic carbocycles. The van der Waals surface area contributed by atoms with Gasteiger partial charge in [-0.25, -0.2) is 9.37 Å². The van der Waals surface area contributed by atoms with Crippen LogP contribution in [0.15, 0.2) is 36.4 Å². The average Bonchev–Trinajstić information content (AvgIpc) is 2.90. The molecule has 25 heavy (non-hydrogen) atoms. The van der Waals surface area contributed by atoms with Crippen molar-refractivity contribution >= 4 is 40.1 Å². The number of nitrogens with one attached hydrogen (secondary N) is 1. The van der Waals surface area contributed by atoms with Crippen LogP contribution in [0.1, 0.15) is 22.6 Å². The van der Waals surface area contributed by atoms with E-state index in [4.69, 9.17) is 23.2 Å². The maximum absolute atomic E-state index is 13.5. The zero-order valence-electron chi connectivity index (χ0n) is 13.5. The highest BCUT2D eigenvalue weighted by Crippen LogP contribution is 2.24. The van der Waals surface area contributed by atoms with Gasteiger partial charge in [-0.15, -0.1) is 0 Å². The first-order valence-corrected chi connectivity index (χ1v) is 8.57. The van der Waals surface area contributed by atoms with E-state index in [0.29, 0.717) is 13.0 Å². The van der Waals surface area contributed by atoms with Crippen molar-refractivity contribution in [2.75, 3.05) is 6.54 Å². The Balaban J connectivity index is 1.61. The quantitative estimate of drug-likeness (QED) is 0.519. The molecule has 4 nitrogen and oxygen atoms in total. The Hall–Kier alpha value is -2.11. The van der Waals surface area contributed by atoms with Crippen LogP contribution in [-0.2, 0) is 6.54 Å². The van der Waals surface area contributed by atoms with Crippen molar-refractivity contribution in [1.29, 1.82) is 0 Å². The van der Waals surface area contributed by atoms with Crippen LogP contribution in [0.3, 0.4) is 0 Å². The molecule has 0 bridgehead atoms. The fourth-order valence-electron chi connectivity index (χ4n) is 2.71. The Labute approximate surface area is 154 Å². The van der Waals surface area contributed by atoms with Crippen LogP contribution in [-0.4, -0.2) is 22.0 Å². The molecule has 0 saturated carbocycles. The molecule has 0 aliphatic rings. The molecule has 0 radical (unpaired) electrons. The molecule has 1 N–H and O–H groups in total. The number of amides is 1. The summed E-state index contributed by atoms with van der Waals surface area (Å²) in [6.45, 7) is 3.11. The topological polar surface area (TPSA) is 46.9 Å². The van der Waals surface area contributed by atoms with E-state index in [1.54, 1.807) is 0 Å². The number of fused-ring (bicyclic) bond motifs is 1. The minimum absolute atomic E-state index is 0.0767.